The van der Waals surface area contributed by atoms with Crippen molar-refractivity contribution in [1.82, 2.24) is 0 Å². The van der Waals surface area contributed by atoms with Gasteiger partial charge in [0.15, 0.2) is 0 Å². The van der Waals surface area contributed by atoms with Crippen LogP contribution in [0.4, 0.5) is 0 Å². The lowest BCUT2D eigenvalue weighted by Gasteiger charge is -2.05. The number of allylic oxidation sites excluding steroid dienone is 2. The van der Waals surface area contributed by atoms with Gasteiger partial charge in [-0.25, -0.2) is 4.79 Å². The van der Waals surface area contributed by atoms with E-state index in [1.165, 1.54) is 28.3 Å². The fourth-order valence-electron chi connectivity index (χ4n) is 2.05. The van der Waals surface area contributed by atoms with E-state index in [2.05, 4.69) is 32.1 Å². The fraction of sp³-hybridized carbons (Fsp3) is 0.312. The second-order valence-corrected chi connectivity index (χ2v) is 4.16. The highest BCUT2D eigenvalue weighted by Gasteiger charge is 2.14. The maximum Gasteiger partial charge on any atom is 0.328 e. The molecule has 2 heteroatoms. The molecule has 0 saturated heterocycles. The summed E-state index contributed by atoms with van der Waals surface area (Å²) in [5, 5.41) is 8.59. The SMILES string of the molecule is CC.Cc1ccc(C)c2c1C=C(/C=C\C(=O)O)C2. The molecule has 2 nitrogen and oxygen atoms in total. The molecule has 1 aromatic rings. The molecule has 1 aliphatic carbocycles. The first-order valence-electron chi connectivity index (χ1n) is 6.28. The summed E-state index contributed by atoms with van der Waals surface area (Å²) in [5.41, 5.74) is 6.17. The topological polar surface area (TPSA) is 37.3 Å². The third-order valence-corrected chi connectivity index (χ3v) is 2.96. The van der Waals surface area contributed by atoms with Crippen molar-refractivity contribution < 1.29 is 9.90 Å². The molecule has 0 aliphatic heterocycles. The van der Waals surface area contributed by atoms with Gasteiger partial charge < -0.3 is 5.11 Å². The fourth-order valence-corrected chi connectivity index (χ4v) is 2.05. The van der Waals surface area contributed by atoms with Crippen LogP contribution in [0.3, 0.4) is 0 Å². The number of carbonyl (C=O) groups is 1. The van der Waals surface area contributed by atoms with Crippen LogP contribution in [0.25, 0.3) is 6.08 Å². The first kappa shape index (κ1) is 14.2. The predicted octanol–water partition coefficient (Wildman–Crippen LogP) is 3.91. The lowest BCUT2D eigenvalue weighted by atomic mass is 9.99. The van der Waals surface area contributed by atoms with Crippen LogP contribution >= 0.6 is 0 Å². The molecule has 0 heterocycles. The van der Waals surface area contributed by atoms with Gasteiger partial charge in [0, 0.05) is 6.08 Å². The normalized spacial score (nSPS) is 12.8. The molecule has 0 atom stereocenters. The Morgan fingerprint density at radius 1 is 1.22 bits per heavy atom. The number of fused-ring (bicyclic) bond motifs is 1. The van der Waals surface area contributed by atoms with Gasteiger partial charge in [0.25, 0.3) is 0 Å². The minimum Gasteiger partial charge on any atom is -0.478 e. The van der Waals surface area contributed by atoms with Crippen LogP contribution in [0.1, 0.15) is 36.1 Å². The smallest absolute Gasteiger partial charge is 0.328 e. The Bertz CT molecular complexity index is 508. The van der Waals surface area contributed by atoms with Crippen molar-refractivity contribution >= 4 is 12.0 Å². The lowest BCUT2D eigenvalue weighted by Crippen LogP contribution is -1.91. The quantitative estimate of drug-likeness (QED) is 0.801. The first-order chi connectivity index (χ1) is 8.58. The van der Waals surface area contributed by atoms with E-state index in [9.17, 15) is 4.79 Å². The maximum atomic E-state index is 10.4. The van der Waals surface area contributed by atoms with Gasteiger partial charge in [-0.2, -0.15) is 0 Å². The second kappa shape index (κ2) is 6.20. The van der Waals surface area contributed by atoms with Crippen LogP contribution in [-0.2, 0) is 11.2 Å². The van der Waals surface area contributed by atoms with E-state index in [1.54, 1.807) is 6.08 Å². The maximum absolute atomic E-state index is 10.4. The Morgan fingerprint density at radius 3 is 2.39 bits per heavy atom. The van der Waals surface area contributed by atoms with E-state index in [0.29, 0.717) is 0 Å². The molecule has 0 saturated carbocycles. The zero-order valence-corrected chi connectivity index (χ0v) is 11.4. The zero-order valence-electron chi connectivity index (χ0n) is 11.4. The molecule has 96 valence electrons. The molecule has 18 heavy (non-hydrogen) atoms. The van der Waals surface area contributed by atoms with Crippen LogP contribution in [0, 0.1) is 13.8 Å². The summed E-state index contributed by atoms with van der Waals surface area (Å²) in [7, 11) is 0. The zero-order chi connectivity index (χ0) is 13.7. The number of hydrogen-bond acceptors (Lipinski definition) is 1. The van der Waals surface area contributed by atoms with Gasteiger partial charge in [0.2, 0.25) is 0 Å². The van der Waals surface area contributed by atoms with E-state index in [4.69, 9.17) is 5.11 Å². The number of aliphatic carboxylic acids is 1. The van der Waals surface area contributed by atoms with Crippen LogP contribution in [0.5, 0.6) is 0 Å². The molecule has 0 fully saturated rings. The molecule has 1 aromatic carbocycles. The van der Waals surface area contributed by atoms with E-state index < -0.39 is 5.97 Å². The number of hydrogen-bond donors (Lipinski definition) is 1. The summed E-state index contributed by atoms with van der Waals surface area (Å²) >= 11 is 0. The Morgan fingerprint density at radius 2 is 1.83 bits per heavy atom. The van der Waals surface area contributed by atoms with Crippen molar-refractivity contribution in [3.05, 3.63) is 52.1 Å². The predicted molar refractivity (Wildman–Crippen MR) is 75.7 cm³/mol. The van der Waals surface area contributed by atoms with Crippen LogP contribution in [0.2, 0.25) is 0 Å². The number of aryl methyl sites for hydroxylation is 2. The minimum atomic E-state index is -0.898. The third-order valence-electron chi connectivity index (χ3n) is 2.96. The Hall–Kier alpha value is -1.83. The van der Waals surface area contributed by atoms with Gasteiger partial charge in [-0.1, -0.05) is 38.1 Å². The summed E-state index contributed by atoms with van der Waals surface area (Å²) in [6.07, 6.45) is 5.80. The monoisotopic (exact) mass is 244 g/mol. The highest BCUT2D eigenvalue weighted by atomic mass is 16.4. The standard InChI is InChI=1S/C14H14O2.C2H6/c1-9-3-4-10(2)13-8-11(7-12(9)13)5-6-14(15)16;1-2/h3-7H,8H2,1-2H3,(H,15,16);1-2H3/b6-5-;. The van der Waals surface area contributed by atoms with Gasteiger partial charge in [0.1, 0.15) is 0 Å². The molecule has 0 spiro atoms. The molecule has 1 N–H and O–H groups in total. The van der Waals surface area contributed by atoms with E-state index in [1.807, 2.05) is 13.8 Å². The van der Waals surface area contributed by atoms with Gasteiger partial charge >= 0.3 is 5.97 Å². The summed E-state index contributed by atoms with van der Waals surface area (Å²) in [6.45, 7) is 8.18. The van der Waals surface area contributed by atoms with Crippen molar-refractivity contribution in [3.63, 3.8) is 0 Å². The number of carboxylic acid groups (broad SMARTS) is 1. The molecule has 0 unspecified atom stereocenters. The van der Waals surface area contributed by atoms with Crippen molar-refractivity contribution in [2.45, 2.75) is 34.1 Å². The number of benzene rings is 1. The molecule has 0 bridgehead atoms. The van der Waals surface area contributed by atoms with Gasteiger partial charge in [0.05, 0.1) is 0 Å². The van der Waals surface area contributed by atoms with Gasteiger partial charge in [-0.05, 0) is 48.1 Å². The number of carboxylic acids is 1. The van der Waals surface area contributed by atoms with Gasteiger partial charge in [-0.3, -0.25) is 0 Å². The summed E-state index contributed by atoms with van der Waals surface area (Å²) < 4.78 is 0. The van der Waals surface area contributed by atoms with Crippen LogP contribution < -0.4 is 0 Å². The summed E-state index contributed by atoms with van der Waals surface area (Å²) in [6, 6.07) is 4.22. The van der Waals surface area contributed by atoms with E-state index in [-0.39, 0.29) is 0 Å². The van der Waals surface area contributed by atoms with E-state index >= 15 is 0 Å². The summed E-state index contributed by atoms with van der Waals surface area (Å²) in [4.78, 5) is 10.4. The molecule has 0 aromatic heterocycles. The van der Waals surface area contributed by atoms with Crippen molar-refractivity contribution in [2.24, 2.45) is 0 Å². The summed E-state index contributed by atoms with van der Waals surface area (Å²) in [5.74, 6) is -0.898. The molecular formula is C16H20O2. The Kier molecular flexibility index (Phi) is 4.90. The van der Waals surface area contributed by atoms with Crippen molar-refractivity contribution in [2.75, 3.05) is 0 Å². The first-order valence-corrected chi connectivity index (χ1v) is 6.28. The molecule has 2 rings (SSSR count). The Balaban J connectivity index is 0.000000771. The second-order valence-electron chi connectivity index (χ2n) is 4.16. The number of rotatable bonds is 2. The van der Waals surface area contributed by atoms with Crippen molar-refractivity contribution in [1.29, 1.82) is 0 Å². The molecule has 0 radical (unpaired) electrons. The molecular weight excluding hydrogens is 224 g/mol. The van der Waals surface area contributed by atoms with Crippen LogP contribution in [0.15, 0.2) is 29.9 Å². The van der Waals surface area contributed by atoms with Gasteiger partial charge in [-0.15, -0.1) is 0 Å². The molecule has 0 amide bonds. The Labute approximate surface area is 109 Å². The largest absolute Gasteiger partial charge is 0.478 e. The average molecular weight is 244 g/mol. The lowest BCUT2D eigenvalue weighted by molar-refractivity contribution is -0.131. The molecule has 1 aliphatic rings. The van der Waals surface area contributed by atoms with Crippen LogP contribution in [-0.4, -0.2) is 11.1 Å². The van der Waals surface area contributed by atoms with E-state index in [0.717, 1.165) is 12.0 Å². The average Bonchev–Trinajstić information content (AvgIpc) is 2.79. The highest BCUT2D eigenvalue weighted by Crippen LogP contribution is 2.30. The van der Waals surface area contributed by atoms with Crippen molar-refractivity contribution in [3.8, 4) is 0 Å². The third kappa shape index (κ3) is 3.10. The minimum absolute atomic E-state index is 0.840. The highest BCUT2D eigenvalue weighted by molar-refractivity contribution is 5.81.